The van der Waals surface area contributed by atoms with E-state index in [9.17, 15) is 4.79 Å². The van der Waals surface area contributed by atoms with Crippen molar-refractivity contribution in [3.63, 3.8) is 0 Å². The van der Waals surface area contributed by atoms with E-state index in [2.05, 4.69) is 17.6 Å². The summed E-state index contributed by atoms with van der Waals surface area (Å²) < 4.78 is 0. The van der Waals surface area contributed by atoms with Gasteiger partial charge in [0.1, 0.15) is 0 Å². The van der Waals surface area contributed by atoms with Crippen molar-refractivity contribution in [2.24, 2.45) is 5.41 Å². The monoisotopic (exact) mass is 294 g/mol. The quantitative estimate of drug-likeness (QED) is 0.877. The van der Waals surface area contributed by atoms with Gasteiger partial charge in [0.05, 0.1) is 5.41 Å². The van der Waals surface area contributed by atoms with E-state index >= 15 is 0 Å². The molecule has 1 aliphatic heterocycles. The van der Waals surface area contributed by atoms with Gasteiger partial charge in [-0.3, -0.25) is 4.79 Å². The first-order valence-electron chi connectivity index (χ1n) is 7.40. The Bertz CT molecular complexity index is 456. The zero-order valence-corrected chi connectivity index (χ0v) is 12.8. The number of nitrogens with one attached hydrogen (secondary N) is 2. The van der Waals surface area contributed by atoms with Crippen molar-refractivity contribution in [1.82, 2.24) is 10.6 Å². The van der Waals surface area contributed by atoms with Crippen LogP contribution in [0.2, 0.25) is 5.02 Å². The largest absolute Gasteiger partial charge is 0.355 e. The zero-order chi connectivity index (χ0) is 14.4. The van der Waals surface area contributed by atoms with E-state index in [-0.39, 0.29) is 11.3 Å². The molecule has 0 unspecified atom stereocenters. The number of benzene rings is 1. The topological polar surface area (TPSA) is 41.1 Å². The maximum absolute atomic E-state index is 12.4. The molecular weight excluding hydrogens is 272 g/mol. The summed E-state index contributed by atoms with van der Waals surface area (Å²) in [5, 5.41) is 7.17. The summed E-state index contributed by atoms with van der Waals surface area (Å²) in [6.45, 7) is 4.67. The Morgan fingerprint density at radius 3 is 2.80 bits per heavy atom. The number of carbonyl (C=O) groups is 1. The minimum absolute atomic E-state index is 0.167. The lowest BCUT2D eigenvalue weighted by Gasteiger charge is -2.35. The van der Waals surface area contributed by atoms with E-state index in [1.54, 1.807) is 0 Å². The number of piperidine rings is 1. The fourth-order valence-electron chi connectivity index (χ4n) is 2.85. The van der Waals surface area contributed by atoms with Gasteiger partial charge >= 0.3 is 0 Å². The molecule has 0 atom stereocenters. The number of rotatable bonds is 5. The molecule has 1 fully saturated rings. The van der Waals surface area contributed by atoms with Crippen LogP contribution in [0.5, 0.6) is 0 Å². The molecule has 1 aliphatic rings. The van der Waals surface area contributed by atoms with Gasteiger partial charge in [-0.15, -0.1) is 0 Å². The standard InChI is InChI=1S/C16H23ClN2O/c1-2-16(7-10-18-11-8-16)15(20)19-9-6-13-4-3-5-14(17)12-13/h3-5,12,18H,2,6-11H2,1H3,(H,19,20). The summed E-state index contributed by atoms with van der Waals surface area (Å²) in [6, 6.07) is 7.80. The molecule has 0 bridgehead atoms. The van der Waals surface area contributed by atoms with Crippen LogP contribution in [0, 0.1) is 5.41 Å². The third-order valence-corrected chi connectivity index (χ3v) is 4.54. The lowest BCUT2D eigenvalue weighted by molar-refractivity contribution is -0.132. The Hall–Kier alpha value is -1.06. The van der Waals surface area contributed by atoms with Gasteiger partial charge in [-0.1, -0.05) is 30.7 Å². The minimum Gasteiger partial charge on any atom is -0.355 e. The smallest absolute Gasteiger partial charge is 0.226 e. The van der Waals surface area contributed by atoms with Gasteiger partial charge < -0.3 is 10.6 Å². The van der Waals surface area contributed by atoms with Gasteiger partial charge in [0.2, 0.25) is 5.91 Å². The van der Waals surface area contributed by atoms with Gasteiger partial charge in [-0.25, -0.2) is 0 Å². The van der Waals surface area contributed by atoms with Crippen LogP contribution in [0.4, 0.5) is 0 Å². The molecule has 2 rings (SSSR count). The Morgan fingerprint density at radius 1 is 1.40 bits per heavy atom. The molecule has 1 aromatic rings. The molecule has 3 nitrogen and oxygen atoms in total. The summed E-state index contributed by atoms with van der Waals surface area (Å²) in [5.74, 6) is 0.212. The van der Waals surface area contributed by atoms with Crippen LogP contribution in [0.15, 0.2) is 24.3 Å². The second-order valence-corrected chi connectivity index (χ2v) is 5.96. The van der Waals surface area contributed by atoms with Crippen LogP contribution in [-0.4, -0.2) is 25.5 Å². The zero-order valence-electron chi connectivity index (χ0n) is 12.0. The molecule has 0 radical (unpaired) electrons. The van der Waals surface area contributed by atoms with Crippen LogP contribution < -0.4 is 10.6 Å². The van der Waals surface area contributed by atoms with E-state index in [1.807, 2.05) is 24.3 Å². The van der Waals surface area contributed by atoms with Gasteiger partial charge in [-0.2, -0.15) is 0 Å². The average Bonchev–Trinajstić information content (AvgIpc) is 2.48. The Morgan fingerprint density at radius 2 is 2.15 bits per heavy atom. The molecule has 2 N–H and O–H groups in total. The van der Waals surface area contributed by atoms with Gasteiger partial charge in [0.15, 0.2) is 0 Å². The normalized spacial score (nSPS) is 17.7. The van der Waals surface area contributed by atoms with E-state index in [0.717, 1.165) is 49.4 Å². The third kappa shape index (κ3) is 3.74. The molecule has 4 heteroatoms. The predicted molar refractivity (Wildman–Crippen MR) is 83.0 cm³/mol. The molecule has 1 amide bonds. The highest BCUT2D eigenvalue weighted by molar-refractivity contribution is 6.30. The van der Waals surface area contributed by atoms with E-state index in [4.69, 9.17) is 11.6 Å². The molecule has 0 aliphatic carbocycles. The van der Waals surface area contributed by atoms with Crippen molar-refractivity contribution in [2.75, 3.05) is 19.6 Å². The molecule has 1 saturated heterocycles. The number of halogens is 1. The first-order valence-corrected chi connectivity index (χ1v) is 7.77. The highest BCUT2D eigenvalue weighted by Crippen LogP contribution is 2.32. The maximum Gasteiger partial charge on any atom is 0.226 e. The van der Waals surface area contributed by atoms with Crippen LogP contribution in [0.3, 0.4) is 0 Å². The molecule has 0 spiro atoms. The Labute approximate surface area is 126 Å². The fourth-order valence-corrected chi connectivity index (χ4v) is 3.06. The van der Waals surface area contributed by atoms with Gasteiger partial charge in [0.25, 0.3) is 0 Å². The molecular formula is C16H23ClN2O. The van der Waals surface area contributed by atoms with Gasteiger partial charge in [-0.05, 0) is 56.5 Å². The van der Waals surface area contributed by atoms with Crippen molar-refractivity contribution in [1.29, 1.82) is 0 Å². The van der Waals surface area contributed by atoms with Crippen molar-refractivity contribution in [2.45, 2.75) is 32.6 Å². The molecule has 1 aromatic carbocycles. The van der Waals surface area contributed by atoms with E-state index in [0.29, 0.717) is 6.54 Å². The third-order valence-electron chi connectivity index (χ3n) is 4.31. The number of hydrogen-bond acceptors (Lipinski definition) is 2. The Kier molecular flexibility index (Phi) is 5.44. The predicted octanol–water partition coefficient (Wildman–Crippen LogP) is 2.78. The highest BCUT2D eigenvalue weighted by atomic mass is 35.5. The van der Waals surface area contributed by atoms with Crippen molar-refractivity contribution >= 4 is 17.5 Å². The summed E-state index contributed by atoms with van der Waals surface area (Å²) in [7, 11) is 0. The number of hydrogen-bond donors (Lipinski definition) is 2. The first-order chi connectivity index (χ1) is 9.66. The highest BCUT2D eigenvalue weighted by Gasteiger charge is 2.37. The van der Waals surface area contributed by atoms with Gasteiger partial charge in [0, 0.05) is 11.6 Å². The van der Waals surface area contributed by atoms with Crippen molar-refractivity contribution in [3.05, 3.63) is 34.9 Å². The fraction of sp³-hybridized carbons (Fsp3) is 0.562. The summed E-state index contributed by atoms with van der Waals surface area (Å²) in [5.41, 5.74) is 0.994. The summed E-state index contributed by atoms with van der Waals surface area (Å²) in [4.78, 5) is 12.4. The first kappa shape index (κ1) is 15.3. The summed E-state index contributed by atoms with van der Waals surface area (Å²) in [6.07, 6.45) is 3.61. The molecule has 0 aromatic heterocycles. The van der Waals surface area contributed by atoms with Crippen LogP contribution in [0.1, 0.15) is 31.7 Å². The molecule has 0 saturated carbocycles. The lowest BCUT2D eigenvalue weighted by atomic mass is 9.76. The second kappa shape index (κ2) is 7.09. The summed E-state index contributed by atoms with van der Waals surface area (Å²) >= 11 is 5.96. The molecule has 20 heavy (non-hydrogen) atoms. The van der Waals surface area contributed by atoms with Crippen molar-refractivity contribution in [3.8, 4) is 0 Å². The SMILES string of the molecule is CCC1(C(=O)NCCc2cccc(Cl)c2)CCNCC1. The van der Waals surface area contributed by atoms with Crippen LogP contribution >= 0.6 is 11.6 Å². The number of amides is 1. The van der Waals surface area contributed by atoms with Crippen LogP contribution in [0.25, 0.3) is 0 Å². The van der Waals surface area contributed by atoms with Crippen molar-refractivity contribution < 1.29 is 4.79 Å². The Balaban J connectivity index is 1.85. The molecule has 1 heterocycles. The molecule has 110 valence electrons. The number of carbonyl (C=O) groups excluding carboxylic acids is 1. The average molecular weight is 295 g/mol. The lowest BCUT2D eigenvalue weighted by Crippen LogP contribution is -2.47. The van der Waals surface area contributed by atoms with Crippen LogP contribution in [-0.2, 0) is 11.2 Å². The second-order valence-electron chi connectivity index (χ2n) is 5.52. The maximum atomic E-state index is 12.4. The van der Waals surface area contributed by atoms with E-state index in [1.165, 1.54) is 0 Å². The van der Waals surface area contributed by atoms with E-state index < -0.39 is 0 Å². The minimum atomic E-state index is -0.167.